The highest BCUT2D eigenvalue weighted by atomic mass is 16.3. The molecule has 0 unspecified atom stereocenters. The molecule has 0 radical (unpaired) electrons. The minimum absolute atomic E-state index is 0.586. The summed E-state index contributed by atoms with van der Waals surface area (Å²) in [5.74, 6) is 3.11. The molecule has 3 heterocycles. The molecule has 146 valence electrons. The SMILES string of the molecule is Cc1nc(NCc2ccco2)cc(Nc2ccc(N3CCN(C)CC3)cc2)n1. The summed E-state index contributed by atoms with van der Waals surface area (Å²) in [6, 6.07) is 14.2. The fraction of sp³-hybridized carbons (Fsp3) is 0.333. The van der Waals surface area contributed by atoms with Crippen LogP contribution in [0.1, 0.15) is 11.6 Å². The van der Waals surface area contributed by atoms with Crippen molar-refractivity contribution in [1.29, 1.82) is 0 Å². The molecule has 0 saturated carbocycles. The third-order valence-electron chi connectivity index (χ3n) is 4.87. The van der Waals surface area contributed by atoms with Gasteiger partial charge in [0, 0.05) is 43.6 Å². The number of piperazine rings is 1. The van der Waals surface area contributed by atoms with Gasteiger partial charge in [-0.05, 0) is 50.4 Å². The summed E-state index contributed by atoms with van der Waals surface area (Å²) in [6.45, 7) is 6.82. The minimum atomic E-state index is 0.586. The maximum atomic E-state index is 5.35. The van der Waals surface area contributed by atoms with Gasteiger partial charge in [0.1, 0.15) is 23.2 Å². The number of anilines is 4. The quantitative estimate of drug-likeness (QED) is 0.680. The predicted molar refractivity (Wildman–Crippen MR) is 112 cm³/mol. The Morgan fingerprint density at radius 1 is 1.00 bits per heavy atom. The highest BCUT2D eigenvalue weighted by molar-refractivity contribution is 5.62. The molecule has 4 rings (SSSR count). The van der Waals surface area contributed by atoms with Crippen LogP contribution in [0.2, 0.25) is 0 Å². The summed E-state index contributed by atoms with van der Waals surface area (Å²) >= 11 is 0. The fourth-order valence-corrected chi connectivity index (χ4v) is 3.28. The van der Waals surface area contributed by atoms with Crippen molar-refractivity contribution in [3.63, 3.8) is 0 Å². The summed E-state index contributed by atoms with van der Waals surface area (Å²) in [5.41, 5.74) is 2.27. The summed E-state index contributed by atoms with van der Waals surface area (Å²) in [7, 11) is 2.17. The van der Waals surface area contributed by atoms with E-state index in [4.69, 9.17) is 4.42 Å². The van der Waals surface area contributed by atoms with Gasteiger partial charge in [0.15, 0.2) is 0 Å². The Balaban J connectivity index is 1.40. The molecule has 1 aliphatic heterocycles. The Hall–Kier alpha value is -3.06. The normalized spacial score (nSPS) is 14.9. The van der Waals surface area contributed by atoms with Crippen LogP contribution in [0, 0.1) is 6.92 Å². The Labute approximate surface area is 165 Å². The van der Waals surface area contributed by atoms with E-state index in [0.717, 1.165) is 49.3 Å². The van der Waals surface area contributed by atoms with Gasteiger partial charge in [-0.2, -0.15) is 0 Å². The fourth-order valence-electron chi connectivity index (χ4n) is 3.28. The molecular weight excluding hydrogens is 352 g/mol. The molecule has 0 amide bonds. The van der Waals surface area contributed by atoms with Gasteiger partial charge >= 0.3 is 0 Å². The van der Waals surface area contributed by atoms with Crippen LogP contribution in [-0.4, -0.2) is 48.1 Å². The molecular formula is C21H26N6O. The summed E-state index contributed by atoms with van der Waals surface area (Å²) in [4.78, 5) is 13.7. The van der Waals surface area contributed by atoms with Gasteiger partial charge in [-0.25, -0.2) is 9.97 Å². The number of hydrogen-bond acceptors (Lipinski definition) is 7. The lowest BCUT2D eigenvalue weighted by Gasteiger charge is -2.34. The van der Waals surface area contributed by atoms with Gasteiger partial charge in [0.05, 0.1) is 12.8 Å². The molecule has 28 heavy (non-hydrogen) atoms. The van der Waals surface area contributed by atoms with Gasteiger partial charge in [0.2, 0.25) is 0 Å². The van der Waals surface area contributed by atoms with Crippen LogP contribution >= 0.6 is 0 Å². The topological polar surface area (TPSA) is 69.5 Å². The Kier molecular flexibility index (Phi) is 5.43. The van der Waals surface area contributed by atoms with E-state index in [-0.39, 0.29) is 0 Å². The first kappa shape index (κ1) is 18.3. The van der Waals surface area contributed by atoms with Crippen molar-refractivity contribution in [2.24, 2.45) is 0 Å². The first-order chi connectivity index (χ1) is 13.7. The van der Waals surface area contributed by atoms with Crippen molar-refractivity contribution >= 4 is 23.0 Å². The molecule has 1 fully saturated rings. The zero-order chi connectivity index (χ0) is 19.3. The van der Waals surface area contributed by atoms with Gasteiger partial charge in [-0.3, -0.25) is 0 Å². The van der Waals surface area contributed by atoms with Crippen LogP contribution in [0.15, 0.2) is 53.1 Å². The van der Waals surface area contributed by atoms with Crippen molar-refractivity contribution in [1.82, 2.24) is 14.9 Å². The maximum Gasteiger partial charge on any atom is 0.136 e. The van der Waals surface area contributed by atoms with Crippen molar-refractivity contribution < 1.29 is 4.42 Å². The number of nitrogens with one attached hydrogen (secondary N) is 2. The average molecular weight is 378 g/mol. The van der Waals surface area contributed by atoms with Crippen LogP contribution in [0.25, 0.3) is 0 Å². The van der Waals surface area contributed by atoms with Gasteiger partial charge in [-0.1, -0.05) is 0 Å². The van der Waals surface area contributed by atoms with E-state index in [0.29, 0.717) is 12.4 Å². The number of benzene rings is 1. The van der Waals surface area contributed by atoms with Gasteiger partial charge < -0.3 is 24.9 Å². The highest BCUT2D eigenvalue weighted by Gasteiger charge is 2.14. The molecule has 1 saturated heterocycles. The number of furan rings is 1. The number of aromatic nitrogens is 2. The number of rotatable bonds is 6. The lowest BCUT2D eigenvalue weighted by Crippen LogP contribution is -2.44. The third-order valence-corrected chi connectivity index (χ3v) is 4.87. The zero-order valence-corrected chi connectivity index (χ0v) is 16.4. The Morgan fingerprint density at radius 3 is 2.46 bits per heavy atom. The third kappa shape index (κ3) is 4.61. The second kappa shape index (κ2) is 8.31. The summed E-state index contributed by atoms with van der Waals surface area (Å²) < 4.78 is 5.35. The monoisotopic (exact) mass is 378 g/mol. The first-order valence-electron chi connectivity index (χ1n) is 9.58. The van der Waals surface area contributed by atoms with E-state index >= 15 is 0 Å². The van der Waals surface area contributed by atoms with Crippen LogP contribution in [-0.2, 0) is 6.54 Å². The van der Waals surface area contributed by atoms with E-state index in [1.54, 1.807) is 6.26 Å². The second-order valence-electron chi connectivity index (χ2n) is 7.08. The molecule has 2 aromatic heterocycles. The molecule has 0 spiro atoms. The zero-order valence-electron chi connectivity index (χ0n) is 16.4. The van der Waals surface area contributed by atoms with Crippen LogP contribution in [0.4, 0.5) is 23.0 Å². The molecule has 7 heteroatoms. The summed E-state index contributed by atoms with van der Waals surface area (Å²) in [6.07, 6.45) is 1.67. The molecule has 3 aromatic rings. The lowest BCUT2D eigenvalue weighted by molar-refractivity contribution is 0.313. The van der Waals surface area contributed by atoms with Gasteiger partial charge in [-0.15, -0.1) is 0 Å². The van der Waals surface area contributed by atoms with E-state index in [1.165, 1.54) is 5.69 Å². The predicted octanol–water partition coefficient (Wildman–Crippen LogP) is 3.49. The smallest absolute Gasteiger partial charge is 0.136 e. The number of aryl methyl sites for hydroxylation is 1. The van der Waals surface area contributed by atoms with E-state index in [2.05, 4.69) is 61.7 Å². The van der Waals surface area contributed by atoms with E-state index < -0.39 is 0 Å². The van der Waals surface area contributed by atoms with Crippen molar-refractivity contribution in [2.45, 2.75) is 13.5 Å². The summed E-state index contributed by atoms with van der Waals surface area (Å²) in [5, 5.41) is 6.65. The van der Waals surface area contributed by atoms with Crippen LogP contribution in [0.3, 0.4) is 0 Å². The Morgan fingerprint density at radius 2 is 1.75 bits per heavy atom. The van der Waals surface area contributed by atoms with E-state index in [9.17, 15) is 0 Å². The van der Waals surface area contributed by atoms with Crippen LogP contribution in [0.5, 0.6) is 0 Å². The van der Waals surface area contributed by atoms with Crippen LogP contribution < -0.4 is 15.5 Å². The number of nitrogens with zero attached hydrogens (tertiary/aromatic N) is 4. The Bertz CT molecular complexity index is 886. The minimum Gasteiger partial charge on any atom is -0.467 e. The van der Waals surface area contributed by atoms with E-state index in [1.807, 2.05) is 25.1 Å². The average Bonchev–Trinajstić information content (AvgIpc) is 3.21. The first-order valence-corrected chi connectivity index (χ1v) is 9.58. The molecule has 0 aliphatic carbocycles. The molecule has 7 nitrogen and oxygen atoms in total. The maximum absolute atomic E-state index is 5.35. The number of hydrogen-bond donors (Lipinski definition) is 2. The number of likely N-dealkylation sites (N-methyl/N-ethyl adjacent to an activating group) is 1. The molecule has 1 aliphatic rings. The highest BCUT2D eigenvalue weighted by Crippen LogP contribution is 2.22. The largest absolute Gasteiger partial charge is 0.467 e. The standard InChI is InChI=1S/C21H26N6O/c1-16-23-20(22-15-19-4-3-13-28-19)14-21(24-16)25-17-5-7-18(8-6-17)27-11-9-26(2)10-12-27/h3-8,13-14H,9-12,15H2,1-2H3,(H2,22,23,24,25). The van der Waals surface area contributed by atoms with Crippen molar-refractivity contribution in [3.8, 4) is 0 Å². The second-order valence-corrected chi connectivity index (χ2v) is 7.08. The van der Waals surface area contributed by atoms with Crippen molar-refractivity contribution in [3.05, 3.63) is 60.3 Å². The molecule has 1 aromatic carbocycles. The molecule has 0 bridgehead atoms. The van der Waals surface area contributed by atoms with Crippen molar-refractivity contribution in [2.75, 3.05) is 48.8 Å². The molecule has 2 N–H and O–H groups in total. The van der Waals surface area contributed by atoms with Gasteiger partial charge in [0.25, 0.3) is 0 Å². The lowest BCUT2D eigenvalue weighted by atomic mass is 10.2. The molecule has 0 atom stereocenters.